The number of hydrogen-bond donors (Lipinski definition) is 0. The summed E-state index contributed by atoms with van der Waals surface area (Å²) >= 11 is 9.51. The van der Waals surface area contributed by atoms with Crippen molar-refractivity contribution in [1.29, 1.82) is 0 Å². The predicted molar refractivity (Wildman–Crippen MR) is 99.3 cm³/mol. The van der Waals surface area contributed by atoms with Crippen LogP contribution >= 0.6 is 46.0 Å². The number of benzene rings is 1. The van der Waals surface area contributed by atoms with Crippen molar-refractivity contribution < 1.29 is 0 Å². The molecule has 21 heavy (non-hydrogen) atoms. The molecule has 1 heterocycles. The van der Waals surface area contributed by atoms with Crippen molar-refractivity contribution >= 4 is 56.9 Å². The minimum absolute atomic E-state index is 0.0347. The number of halogens is 2. The first kappa shape index (κ1) is 16.6. The van der Waals surface area contributed by atoms with E-state index in [0.29, 0.717) is 22.8 Å². The van der Waals surface area contributed by atoms with Crippen LogP contribution < -0.4 is 5.56 Å². The van der Waals surface area contributed by atoms with Crippen LogP contribution in [0.2, 0.25) is 0 Å². The van der Waals surface area contributed by atoms with Gasteiger partial charge in [-0.25, -0.2) is 4.98 Å². The number of fused-ring (bicyclic) bond motifs is 1. The van der Waals surface area contributed by atoms with Crippen LogP contribution in [0.3, 0.4) is 0 Å². The van der Waals surface area contributed by atoms with Crippen LogP contribution in [-0.4, -0.2) is 15.3 Å². The number of aromatic nitrogens is 2. The lowest BCUT2D eigenvalue weighted by atomic mass is 10.2. The van der Waals surface area contributed by atoms with Gasteiger partial charge in [0.15, 0.2) is 5.16 Å². The second-order valence-corrected chi connectivity index (χ2v) is 7.19. The van der Waals surface area contributed by atoms with E-state index in [-0.39, 0.29) is 5.56 Å². The Morgan fingerprint density at radius 2 is 2.33 bits per heavy atom. The second kappa shape index (κ2) is 7.47. The number of rotatable bonds is 5. The summed E-state index contributed by atoms with van der Waals surface area (Å²) in [6, 6.07) is 5.69. The molecule has 0 unspecified atom stereocenters. The summed E-state index contributed by atoms with van der Waals surface area (Å²) in [6.07, 6.45) is 3.60. The fraction of sp³-hybridized carbons (Fsp3) is 0.200. The third-order valence-electron chi connectivity index (χ3n) is 2.77. The van der Waals surface area contributed by atoms with E-state index in [1.165, 1.54) is 11.8 Å². The maximum atomic E-state index is 12.6. The first-order chi connectivity index (χ1) is 10.0. The highest BCUT2D eigenvalue weighted by Gasteiger charge is 2.10. The minimum Gasteiger partial charge on any atom is -0.283 e. The first-order valence-electron chi connectivity index (χ1n) is 6.29. The lowest BCUT2D eigenvalue weighted by Gasteiger charge is -2.10. The summed E-state index contributed by atoms with van der Waals surface area (Å²) in [5.74, 6) is 0.675. The zero-order chi connectivity index (χ0) is 15.4. The molecule has 1 aromatic heterocycles. The van der Waals surface area contributed by atoms with Gasteiger partial charge in [-0.3, -0.25) is 9.36 Å². The third-order valence-corrected chi connectivity index (χ3v) is 4.50. The molecule has 0 saturated carbocycles. The quantitative estimate of drug-likeness (QED) is 0.304. The number of allylic oxidation sites excluding steroid dienone is 2. The number of hydrogen-bond acceptors (Lipinski definition) is 3. The molecule has 0 aliphatic rings. The van der Waals surface area contributed by atoms with E-state index in [0.717, 1.165) is 14.1 Å². The van der Waals surface area contributed by atoms with Crippen LogP contribution in [-0.2, 0) is 6.54 Å². The van der Waals surface area contributed by atoms with Gasteiger partial charge in [-0.1, -0.05) is 35.5 Å². The molecule has 3 nitrogen and oxygen atoms in total. The monoisotopic (exact) mass is 432 g/mol. The van der Waals surface area contributed by atoms with Crippen LogP contribution in [0.4, 0.5) is 0 Å². The second-order valence-electron chi connectivity index (χ2n) is 4.36. The third kappa shape index (κ3) is 4.11. The van der Waals surface area contributed by atoms with Crippen molar-refractivity contribution in [2.75, 3.05) is 5.75 Å². The average molecular weight is 433 g/mol. The summed E-state index contributed by atoms with van der Waals surface area (Å²) in [4.78, 5) is 17.2. The van der Waals surface area contributed by atoms with E-state index >= 15 is 0 Å². The molecule has 2 aromatic rings. The summed E-state index contributed by atoms with van der Waals surface area (Å²) in [5, 5.41) is 2.05. The molecule has 2 rings (SSSR count). The van der Waals surface area contributed by atoms with E-state index in [9.17, 15) is 4.79 Å². The topological polar surface area (TPSA) is 34.9 Å². The molecule has 6 heteroatoms. The molecule has 0 bridgehead atoms. The van der Waals surface area contributed by atoms with Gasteiger partial charge in [-0.2, -0.15) is 0 Å². The molecule has 0 amide bonds. The van der Waals surface area contributed by atoms with Crippen molar-refractivity contribution in [2.24, 2.45) is 0 Å². The smallest absolute Gasteiger partial charge is 0.262 e. The molecular weight excluding hydrogens is 419 g/mol. The van der Waals surface area contributed by atoms with Crippen LogP contribution in [0.1, 0.15) is 6.92 Å². The lowest BCUT2D eigenvalue weighted by molar-refractivity contribution is 0.672. The Labute approximate surface area is 146 Å². The van der Waals surface area contributed by atoms with Gasteiger partial charge in [0.2, 0.25) is 0 Å². The molecule has 0 aliphatic carbocycles. The van der Waals surface area contributed by atoms with Gasteiger partial charge >= 0.3 is 0 Å². The predicted octanol–water partition coefficient (Wildman–Crippen LogP) is 4.42. The van der Waals surface area contributed by atoms with Crippen molar-refractivity contribution in [3.8, 4) is 0 Å². The molecule has 0 N–H and O–H groups in total. The highest BCUT2D eigenvalue weighted by atomic mass is 127. The van der Waals surface area contributed by atoms with Gasteiger partial charge < -0.3 is 0 Å². The first-order valence-corrected chi connectivity index (χ1v) is 8.73. The Balaban J connectivity index is 2.54. The van der Waals surface area contributed by atoms with Crippen molar-refractivity contribution in [1.82, 2.24) is 9.55 Å². The standard InChI is InChI=1S/C15H14ClIN2OS/c1-3-7-19-14(20)12-9-11(17)4-5-13(12)18-15(19)21-8-6-10(2)16/h3-6,9H,1,7-8H2,2H3. The van der Waals surface area contributed by atoms with E-state index in [1.807, 2.05) is 31.2 Å². The molecular formula is C15H14ClIN2OS. The van der Waals surface area contributed by atoms with Crippen molar-refractivity contribution in [3.63, 3.8) is 0 Å². The zero-order valence-electron chi connectivity index (χ0n) is 11.5. The maximum absolute atomic E-state index is 12.6. The van der Waals surface area contributed by atoms with Gasteiger partial charge in [-0.05, 0) is 47.7 Å². The van der Waals surface area contributed by atoms with E-state index in [2.05, 4.69) is 34.2 Å². The Morgan fingerprint density at radius 3 is 3.00 bits per heavy atom. The molecule has 0 radical (unpaired) electrons. The van der Waals surface area contributed by atoms with Gasteiger partial charge in [0.25, 0.3) is 5.56 Å². The number of thioether (sulfide) groups is 1. The van der Waals surface area contributed by atoms with Gasteiger partial charge in [0, 0.05) is 20.9 Å². The molecule has 0 saturated heterocycles. The van der Waals surface area contributed by atoms with Crippen LogP contribution in [0.5, 0.6) is 0 Å². The fourth-order valence-electron chi connectivity index (χ4n) is 1.80. The molecule has 0 fully saturated rings. The van der Waals surface area contributed by atoms with E-state index < -0.39 is 0 Å². The van der Waals surface area contributed by atoms with E-state index in [1.54, 1.807) is 10.6 Å². The normalized spacial score (nSPS) is 11.9. The van der Waals surface area contributed by atoms with E-state index in [4.69, 9.17) is 11.6 Å². The Kier molecular flexibility index (Phi) is 5.89. The minimum atomic E-state index is -0.0347. The highest BCUT2D eigenvalue weighted by molar-refractivity contribution is 14.1. The summed E-state index contributed by atoms with van der Waals surface area (Å²) < 4.78 is 2.67. The van der Waals surface area contributed by atoms with Gasteiger partial charge in [0.1, 0.15) is 0 Å². The van der Waals surface area contributed by atoms with Crippen LogP contribution in [0.15, 0.2) is 51.9 Å². The number of nitrogens with zero attached hydrogens (tertiary/aromatic N) is 2. The van der Waals surface area contributed by atoms with Crippen molar-refractivity contribution in [2.45, 2.75) is 18.6 Å². The largest absolute Gasteiger partial charge is 0.283 e. The maximum Gasteiger partial charge on any atom is 0.262 e. The SMILES string of the molecule is C=CCn1c(SCC=C(C)Cl)nc2ccc(I)cc2c1=O. The van der Waals surface area contributed by atoms with Gasteiger partial charge in [-0.15, -0.1) is 6.58 Å². The average Bonchev–Trinajstić information content (AvgIpc) is 2.43. The summed E-state index contributed by atoms with van der Waals surface area (Å²) in [6.45, 7) is 5.98. The van der Waals surface area contributed by atoms with Gasteiger partial charge in [0.05, 0.1) is 10.9 Å². The molecule has 0 spiro atoms. The highest BCUT2D eigenvalue weighted by Crippen LogP contribution is 2.20. The Hall–Kier alpha value is -0.790. The van der Waals surface area contributed by atoms with Crippen LogP contribution in [0.25, 0.3) is 10.9 Å². The molecule has 1 aromatic carbocycles. The molecule has 110 valence electrons. The lowest BCUT2D eigenvalue weighted by Crippen LogP contribution is -2.23. The Bertz CT molecular complexity index is 766. The summed E-state index contributed by atoms with van der Waals surface area (Å²) in [5.41, 5.74) is 0.683. The zero-order valence-corrected chi connectivity index (χ0v) is 15.2. The van der Waals surface area contributed by atoms with Crippen LogP contribution in [0, 0.1) is 3.57 Å². The molecule has 0 aliphatic heterocycles. The summed E-state index contributed by atoms with van der Waals surface area (Å²) in [7, 11) is 0. The Morgan fingerprint density at radius 1 is 1.57 bits per heavy atom. The van der Waals surface area contributed by atoms with Crippen molar-refractivity contribution in [3.05, 3.63) is 55.9 Å². The molecule has 0 atom stereocenters. The fourth-order valence-corrected chi connectivity index (χ4v) is 3.42.